The SMILES string of the molecule is COc1ccc(NC(=O)CN2C(=O)C3CC=CCC3C2=O)cn1. The molecule has 23 heavy (non-hydrogen) atoms. The summed E-state index contributed by atoms with van der Waals surface area (Å²) in [6, 6.07) is 3.25. The van der Waals surface area contributed by atoms with E-state index >= 15 is 0 Å². The van der Waals surface area contributed by atoms with Crippen LogP contribution in [-0.2, 0) is 14.4 Å². The van der Waals surface area contributed by atoms with Gasteiger partial charge in [-0.3, -0.25) is 19.3 Å². The number of methoxy groups -OCH3 is 1. The third kappa shape index (κ3) is 2.94. The molecule has 1 fully saturated rings. The Morgan fingerprint density at radius 2 is 1.91 bits per heavy atom. The van der Waals surface area contributed by atoms with Crippen LogP contribution in [0, 0.1) is 11.8 Å². The molecule has 1 aromatic rings. The third-order valence-electron chi connectivity index (χ3n) is 4.13. The average molecular weight is 315 g/mol. The number of nitrogens with zero attached hydrogens (tertiary/aromatic N) is 2. The molecule has 0 bridgehead atoms. The Labute approximate surface area is 133 Å². The van der Waals surface area contributed by atoms with Crippen LogP contribution in [0.25, 0.3) is 0 Å². The van der Waals surface area contributed by atoms with Gasteiger partial charge in [-0.2, -0.15) is 0 Å². The number of likely N-dealkylation sites (tertiary alicyclic amines) is 1. The van der Waals surface area contributed by atoms with Crippen molar-refractivity contribution in [3.05, 3.63) is 30.5 Å². The van der Waals surface area contributed by atoms with Crippen LogP contribution in [0.2, 0.25) is 0 Å². The van der Waals surface area contributed by atoms with Crippen LogP contribution >= 0.6 is 0 Å². The lowest BCUT2D eigenvalue weighted by Gasteiger charge is -2.14. The highest BCUT2D eigenvalue weighted by molar-refractivity contribution is 6.08. The first-order valence-corrected chi connectivity index (χ1v) is 7.40. The van der Waals surface area contributed by atoms with Gasteiger partial charge in [0.1, 0.15) is 6.54 Å². The van der Waals surface area contributed by atoms with Crippen LogP contribution in [0.4, 0.5) is 5.69 Å². The molecule has 1 aliphatic heterocycles. The summed E-state index contributed by atoms with van der Waals surface area (Å²) in [6.45, 7) is -0.267. The molecule has 1 aliphatic carbocycles. The van der Waals surface area contributed by atoms with Crippen LogP contribution in [0.5, 0.6) is 5.88 Å². The van der Waals surface area contributed by atoms with Crippen LogP contribution in [0.3, 0.4) is 0 Å². The number of anilines is 1. The van der Waals surface area contributed by atoms with Gasteiger partial charge in [-0.25, -0.2) is 4.98 Å². The van der Waals surface area contributed by atoms with E-state index in [1.54, 1.807) is 12.1 Å². The molecule has 2 unspecified atom stereocenters. The summed E-state index contributed by atoms with van der Waals surface area (Å²) in [5, 5.41) is 2.62. The van der Waals surface area contributed by atoms with Crippen LogP contribution in [-0.4, -0.2) is 41.3 Å². The lowest BCUT2D eigenvalue weighted by molar-refractivity contribution is -0.142. The molecule has 2 aliphatic rings. The number of amides is 3. The fourth-order valence-corrected chi connectivity index (χ4v) is 2.94. The highest BCUT2D eigenvalue weighted by atomic mass is 16.5. The van der Waals surface area contributed by atoms with Gasteiger partial charge in [0, 0.05) is 6.07 Å². The van der Waals surface area contributed by atoms with E-state index in [4.69, 9.17) is 4.74 Å². The maximum atomic E-state index is 12.3. The van der Waals surface area contributed by atoms with E-state index in [1.807, 2.05) is 12.2 Å². The zero-order valence-electron chi connectivity index (χ0n) is 12.7. The van der Waals surface area contributed by atoms with Crippen molar-refractivity contribution in [2.45, 2.75) is 12.8 Å². The minimum Gasteiger partial charge on any atom is -0.481 e. The predicted molar refractivity (Wildman–Crippen MR) is 81.5 cm³/mol. The maximum absolute atomic E-state index is 12.3. The summed E-state index contributed by atoms with van der Waals surface area (Å²) in [6.07, 6.45) is 6.41. The summed E-state index contributed by atoms with van der Waals surface area (Å²) in [4.78, 5) is 41.7. The molecule has 1 saturated heterocycles. The number of pyridine rings is 1. The second kappa shape index (κ2) is 6.20. The van der Waals surface area contributed by atoms with Gasteiger partial charge in [0.25, 0.3) is 0 Å². The lowest BCUT2D eigenvalue weighted by Crippen LogP contribution is -2.38. The van der Waals surface area contributed by atoms with Gasteiger partial charge < -0.3 is 10.1 Å². The summed E-state index contributed by atoms with van der Waals surface area (Å²) in [5.74, 6) is -1.14. The van der Waals surface area contributed by atoms with Crippen molar-refractivity contribution >= 4 is 23.4 Å². The van der Waals surface area contributed by atoms with E-state index in [1.165, 1.54) is 13.3 Å². The molecule has 0 radical (unpaired) electrons. The lowest BCUT2D eigenvalue weighted by atomic mass is 9.85. The molecule has 0 spiro atoms. The largest absolute Gasteiger partial charge is 0.481 e. The van der Waals surface area contributed by atoms with Gasteiger partial charge in [0.2, 0.25) is 23.6 Å². The van der Waals surface area contributed by atoms with Gasteiger partial charge in [0.05, 0.1) is 30.8 Å². The quantitative estimate of drug-likeness (QED) is 0.661. The number of carbonyl (C=O) groups is 3. The fourth-order valence-electron chi connectivity index (χ4n) is 2.94. The van der Waals surface area contributed by atoms with E-state index < -0.39 is 5.91 Å². The first kappa shape index (κ1) is 15.2. The monoisotopic (exact) mass is 315 g/mol. The Morgan fingerprint density at radius 1 is 1.26 bits per heavy atom. The zero-order chi connectivity index (χ0) is 16.4. The Morgan fingerprint density at radius 3 is 2.43 bits per heavy atom. The van der Waals surface area contributed by atoms with E-state index in [9.17, 15) is 14.4 Å². The van der Waals surface area contributed by atoms with Gasteiger partial charge in [-0.05, 0) is 18.9 Å². The molecule has 2 atom stereocenters. The Bertz CT molecular complexity index is 642. The topological polar surface area (TPSA) is 88.6 Å². The van der Waals surface area contributed by atoms with Crippen molar-refractivity contribution in [1.82, 2.24) is 9.88 Å². The van der Waals surface area contributed by atoms with Gasteiger partial charge in [0.15, 0.2) is 0 Å². The van der Waals surface area contributed by atoms with E-state index in [2.05, 4.69) is 10.3 Å². The number of hydrogen-bond acceptors (Lipinski definition) is 5. The molecule has 0 aromatic carbocycles. The van der Waals surface area contributed by atoms with Crippen LogP contribution in [0.15, 0.2) is 30.5 Å². The molecule has 7 heteroatoms. The third-order valence-corrected chi connectivity index (χ3v) is 4.13. The van der Waals surface area contributed by atoms with Gasteiger partial charge in [-0.1, -0.05) is 12.2 Å². The first-order chi connectivity index (χ1) is 11.1. The number of fused-ring (bicyclic) bond motifs is 1. The number of imide groups is 1. The Hall–Kier alpha value is -2.70. The van der Waals surface area contributed by atoms with Crippen molar-refractivity contribution in [3.63, 3.8) is 0 Å². The van der Waals surface area contributed by atoms with Gasteiger partial charge >= 0.3 is 0 Å². The van der Waals surface area contributed by atoms with Gasteiger partial charge in [-0.15, -0.1) is 0 Å². The number of nitrogens with one attached hydrogen (secondary N) is 1. The molecule has 0 saturated carbocycles. The Kier molecular flexibility index (Phi) is 4.10. The number of aromatic nitrogens is 1. The van der Waals surface area contributed by atoms with Crippen LogP contribution in [0.1, 0.15) is 12.8 Å². The van der Waals surface area contributed by atoms with E-state index in [-0.39, 0.29) is 30.2 Å². The van der Waals surface area contributed by atoms with Crippen molar-refractivity contribution in [3.8, 4) is 5.88 Å². The molecular formula is C16H17N3O4. The van der Waals surface area contributed by atoms with Crippen molar-refractivity contribution in [2.24, 2.45) is 11.8 Å². The molecular weight excluding hydrogens is 298 g/mol. The smallest absolute Gasteiger partial charge is 0.244 e. The number of allylic oxidation sites excluding steroid dienone is 2. The summed E-state index contributed by atoms with van der Waals surface area (Å²) < 4.78 is 4.94. The highest BCUT2D eigenvalue weighted by Gasteiger charge is 2.47. The summed E-state index contributed by atoms with van der Waals surface area (Å²) >= 11 is 0. The molecule has 7 nitrogen and oxygen atoms in total. The molecule has 3 amide bonds. The normalized spacial score (nSPS) is 22.9. The second-order valence-electron chi connectivity index (χ2n) is 5.56. The van der Waals surface area contributed by atoms with Crippen molar-refractivity contribution in [2.75, 3.05) is 19.0 Å². The van der Waals surface area contributed by atoms with Crippen molar-refractivity contribution < 1.29 is 19.1 Å². The number of rotatable bonds is 4. The molecule has 120 valence electrons. The first-order valence-electron chi connectivity index (χ1n) is 7.40. The minimum atomic E-state index is -0.426. The summed E-state index contributed by atoms with van der Waals surface area (Å²) in [7, 11) is 1.50. The Balaban J connectivity index is 1.63. The molecule has 3 rings (SSSR count). The second-order valence-corrected chi connectivity index (χ2v) is 5.56. The average Bonchev–Trinajstić information content (AvgIpc) is 2.81. The number of hydrogen-bond donors (Lipinski definition) is 1. The van der Waals surface area contributed by atoms with E-state index in [0.717, 1.165) is 4.90 Å². The number of carbonyl (C=O) groups excluding carboxylic acids is 3. The van der Waals surface area contributed by atoms with Crippen molar-refractivity contribution in [1.29, 1.82) is 0 Å². The number of ether oxygens (including phenoxy) is 1. The minimum absolute atomic E-state index is 0.257. The zero-order valence-corrected chi connectivity index (χ0v) is 12.7. The van der Waals surface area contributed by atoms with Crippen LogP contribution < -0.4 is 10.1 Å². The molecule has 1 N–H and O–H groups in total. The molecule has 2 heterocycles. The maximum Gasteiger partial charge on any atom is 0.244 e. The fraction of sp³-hybridized carbons (Fsp3) is 0.375. The standard InChI is InChI=1S/C16H17N3O4/c1-23-14-7-6-10(8-17-14)18-13(20)9-19-15(21)11-4-2-3-5-12(11)16(19)22/h2-3,6-8,11-12H,4-5,9H2,1H3,(H,18,20). The highest BCUT2D eigenvalue weighted by Crippen LogP contribution is 2.34. The molecule has 1 aromatic heterocycles. The summed E-state index contributed by atoms with van der Waals surface area (Å²) in [5.41, 5.74) is 0.481. The predicted octanol–water partition coefficient (Wildman–Crippen LogP) is 0.980. The van der Waals surface area contributed by atoms with E-state index in [0.29, 0.717) is 24.4 Å².